The minimum absolute atomic E-state index is 0.0962. The van der Waals surface area contributed by atoms with Crippen molar-refractivity contribution in [1.82, 2.24) is 0 Å². The molecule has 0 unspecified atom stereocenters. The Balaban J connectivity index is 1.15. The van der Waals surface area contributed by atoms with E-state index in [2.05, 4.69) is 199 Å². The third-order valence-corrected chi connectivity index (χ3v) is 12.1. The molecule has 0 N–H and O–H groups in total. The first kappa shape index (κ1) is 30.7. The Bertz CT molecular complexity index is 3100. The highest BCUT2D eigenvalue weighted by atomic mass is 15.1. The molecule has 1 spiro atoms. The van der Waals surface area contributed by atoms with Crippen molar-refractivity contribution in [2.24, 2.45) is 0 Å². The van der Waals surface area contributed by atoms with E-state index in [-0.39, 0.29) is 6.05 Å². The lowest BCUT2D eigenvalue weighted by Gasteiger charge is -2.33. The number of fused-ring (bicyclic) bond motifs is 10. The third kappa shape index (κ3) is 5.17. The Morgan fingerprint density at radius 2 is 0.879 bits per heavy atom. The number of hydrogen-bond acceptors (Lipinski definition) is 1. The molecule has 1 nitrogen and oxygen atoms in total. The maximum Gasteiger partial charge on any atom is 0.0726 e. The van der Waals surface area contributed by atoms with Gasteiger partial charge >= 0.3 is 0 Å². The standard InChI is InChI=1S/C57H39N/c1-2-39-16-15-21-43(36-39)41-28-31-45(32-29-41)58(56-35-30-44(40-17-5-3-6-18-40)37-51(56)42-19-7-4-8-20-42)46-33-34-50-49-24-11-14-27-54(49)57(55(50)38-46)52-25-12-9-22-47(52)48-23-10-13-26-53(48)57/h2-38H,1H2/i1D2,2D. The van der Waals surface area contributed by atoms with Crippen molar-refractivity contribution < 1.29 is 4.11 Å². The van der Waals surface area contributed by atoms with Gasteiger partial charge in [-0.15, -0.1) is 0 Å². The monoisotopic (exact) mass is 740 g/mol. The van der Waals surface area contributed by atoms with Gasteiger partial charge in [0.25, 0.3) is 0 Å². The lowest BCUT2D eigenvalue weighted by atomic mass is 9.70. The SMILES string of the molecule is [2H]C([2H])=C([2H])c1cccc(-c2ccc(N(c3ccc4c(c3)C3(c5ccccc5-c5ccccc53)c3ccccc3-4)c3ccc(-c4ccccc4)cc3-c3ccccc3)cc2)c1. The Morgan fingerprint density at radius 3 is 1.52 bits per heavy atom. The average Bonchev–Trinajstić information content (AvgIpc) is 3.79. The fraction of sp³-hybridized carbons (Fsp3) is 0.0175. The van der Waals surface area contributed by atoms with Crippen LogP contribution in [0, 0.1) is 0 Å². The molecule has 11 rings (SSSR count). The Morgan fingerprint density at radius 1 is 0.379 bits per heavy atom. The van der Waals surface area contributed by atoms with Gasteiger partial charge in [-0.05, 0) is 120 Å². The molecule has 0 aromatic heterocycles. The summed E-state index contributed by atoms with van der Waals surface area (Å²) in [5, 5.41) is 0. The smallest absolute Gasteiger partial charge is 0.0726 e. The highest BCUT2D eigenvalue weighted by Crippen LogP contribution is 2.63. The largest absolute Gasteiger partial charge is 0.310 e. The van der Waals surface area contributed by atoms with Gasteiger partial charge in [0, 0.05) is 16.9 Å². The predicted octanol–water partition coefficient (Wildman–Crippen LogP) is 15.1. The molecule has 0 bridgehead atoms. The summed E-state index contributed by atoms with van der Waals surface area (Å²) in [6.07, 6.45) is 0. The van der Waals surface area contributed by atoms with E-state index in [1.165, 1.54) is 44.5 Å². The first-order chi connectivity index (χ1) is 30.0. The maximum absolute atomic E-state index is 8.30. The van der Waals surface area contributed by atoms with Crippen LogP contribution < -0.4 is 4.90 Å². The summed E-state index contributed by atoms with van der Waals surface area (Å²) in [5.41, 5.74) is 19.9. The third-order valence-electron chi connectivity index (χ3n) is 12.1. The predicted molar refractivity (Wildman–Crippen MR) is 244 cm³/mol. The van der Waals surface area contributed by atoms with Crippen LogP contribution in [0.1, 0.15) is 31.9 Å². The van der Waals surface area contributed by atoms with Crippen molar-refractivity contribution >= 4 is 23.1 Å². The zero-order valence-electron chi connectivity index (χ0n) is 34.7. The van der Waals surface area contributed by atoms with Crippen LogP contribution in [0.3, 0.4) is 0 Å². The molecule has 0 aliphatic heterocycles. The average molecular weight is 741 g/mol. The molecule has 0 atom stereocenters. The summed E-state index contributed by atoms with van der Waals surface area (Å²) < 4.78 is 23.8. The molecular weight excluding hydrogens is 699 g/mol. The van der Waals surface area contributed by atoms with Crippen LogP contribution >= 0.6 is 0 Å². The van der Waals surface area contributed by atoms with Crippen molar-refractivity contribution in [1.29, 1.82) is 0 Å². The molecule has 0 radical (unpaired) electrons. The van der Waals surface area contributed by atoms with E-state index >= 15 is 0 Å². The van der Waals surface area contributed by atoms with Crippen LogP contribution in [-0.2, 0) is 5.41 Å². The first-order valence-electron chi connectivity index (χ1n) is 21.3. The number of nitrogens with zero attached hydrogens (tertiary/aromatic N) is 1. The second-order valence-corrected chi connectivity index (χ2v) is 15.2. The second-order valence-electron chi connectivity index (χ2n) is 15.2. The Labute approximate surface area is 344 Å². The zero-order chi connectivity index (χ0) is 41.1. The zero-order valence-corrected chi connectivity index (χ0v) is 31.7. The van der Waals surface area contributed by atoms with Gasteiger partial charge in [-0.3, -0.25) is 0 Å². The number of benzene rings is 9. The van der Waals surface area contributed by atoms with Crippen LogP contribution in [-0.4, -0.2) is 0 Å². The topological polar surface area (TPSA) is 3.24 Å². The van der Waals surface area contributed by atoms with Crippen molar-refractivity contribution in [2.45, 2.75) is 5.41 Å². The molecule has 58 heavy (non-hydrogen) atoms. The molecule has 0 saturated heterocycles. The van der Waals surface area contributed by atoms with Crippen molar-refractivity contribution in [2.75, 3.05) is 4.90 Å². The lowest BCUT2D eigenvalue weighted by Crippen LogP contribution is -2.26. The summed E-state index contributed by atoms with van der Waals surface area (Å²) in [6.45, 7) is -0.501. The van der Waals surface area contributed by atoms with Crippen LogP contribution in [0.2, 0.25) is 0 Å². The summed E-state index contributed by atoms with van der Waals surface area (Å²) in [6, 6.07) is 78.0. The molecule has 0 heterocycles. The van der Waals surface area contributed by atoms with Gasteiger partial charge in [0.05, 0.1) is 15.2 Å². The number of rotatable bonds is 7. The van der Waals surface area contributed by atoms with Crippen LogP contribution in [0.4, 0.5) is 17.1 Å². The lowest BCUT2D eigenvalue weighted by molar-refractivity contribution is 0.793. The van der Waals surface area contributed by atoms with E-state index in [4.69, 9.17) is 4.11 Å². The van der Waals surface area contributed by atoms with Crippen molar-refractivity contribution in [3.8, 4) is 55.6 Å². The molecule has 1 heteroatoms. The minimum Gasteiger partial charge on any atom is -0.310 e. The normalized spacial score (nSPS) is 13.3. The van der Waals surface area contributed by atoms with Gasteiger partial charge in [-0.2, -0.15) is 0 Å². The van der Waals surface area contributed by atoms with E-state index in [0.717, 1.165) is 50.4 Å². The van der Waals surface area contributed by atoms with Gasteiger partial charge in [0.2, 0.25) is 0 Å². The number of hydrogen-bond donors (Lipinski definition) is 0. The van der Waals surface area contributed by atoms with Crippen LogP contribution in [0.15, 0.2) is 225 Å². The van der Waals surface area contributed by atoms with Gasteiger partial charge in [0.15, 0.2) is 0 Å². The van der Waals surface area contributed by atoms with Gasteiger partial charge in [0.1, 0.15) is 0 Å². The molecule has 2 aliphatic carbocycles. The second kappa shape index (κ2) is 13.6. The summed E-state index contributed by atoms with van der Waals surface area (Å²) >= 11 is 0. The van der Waals surface area contributed by atoms with Gasteiger partial charge in [-0.1, -0.05) is 189 Å². The highest BCUT2D eigenvalue weighted by molar-refractivity contribution is 5.97. The molecule has 0 fully saturated rings. The first-order valence-corrected chi connectivity index (χ1v) is 19.8. The molecule has 9 aromatic carbocycles. The highest BCUT2D eigenvalue weighted by Gasteiger charge is 2.51. The summed E-state index contributed by atoms with van der Waals surface area (Å²) in [7, 11) is 0. The molecule has 0 saturated carbocycles. The van der Waals surface area contributed by atoms with Gasteiger partial charge < -0.3 is 4.90 Å². The van der Waals surface area contributed by atoms with Crippen molar-refractivity contribution in [3.63, 3.8) is 0 Å². The fourth-order valence-electron chi connectivity index (χ4n) is 9.62. The van der Waals surface area contributed by atoms with E-state index in [9.17, 15) is 0 Å². The van der Waals surface area contributed by atoms with E-state index in [1.807, 2.05) is 18.2 Å². The summed E-state index contributed by atoms with van der Waals surface area (Å²) in [5.74, 6) is 0. The molecule has 272 valence electrons. The van der Waals surface area contributed by atoms with E-state index < -0.39 is 11.9 Å². The van der Waals surface area contributed by atoms with E-state index in [0.29, 0.717) is 5.56 Å². The maximum atomic E-state index is 8.30. The van der Waals surface area contributed by atoms with Crippen LogP contribution in [0.25, 0.3) is 61.7 Å². The molecular formula is C57H39N. The minimum atomic E-state index is -0.501. The number of anilines is 3. The van der Waals surface area contributed by atoms with Crippen LogP contribution in [0.5, 0.6) is 0 Å². The fourth-order valence-corrected chi connectivity index (χ4v) is 9.62. The molecule has 9 aromatic rings. The molecule has 0 amide bonds. The summed E-state index contributed by atoms with van der Waals surface area (Å²) in [4.78, 5) is 2.40. The molecule has 2 aliphatic rings. The Hall–Kier alpha value is -7.48. The van der Waals surface area contributed by atoms with Crippen molar-refractivity contribution in [3.05, 3.63) is 253 Å². The quantitative estimate of drug-likeness (QED) is 0.157. The Kier molecular flexibility index (Phi) is 7.21. The van der Waals surface area contributed by atoms with E-state index in [1.54, 1.807) is 6.07 Å². The van der Waals surface area contributed by atoms with Gasteiger partial charge in [-0.25, -0.2) is 0 Å².